The van der Waals surface area contributed by atoms with E-state index >= 15 is 0 Å². The zero-order valence-corrected chi connectivity index (χ0v) is 31.5. The van der Waals surface area contributed by atoms with E-state index < -0.39 is 10.0 Å². The van der Waals surface area contributed by atoms with E-state index in [0.29, 0.717) is 29.1 Å². The molecular weight excluding hydrogens is 673 g/mol. The smallest absolute Gasteiger partial charge is 0.264 e. The van der Waals surface area contributed by atoms with Crippen LogP contribution in [-0.2, 0) is 10.0 Å². The van der Waals surface area contributed by atoms with Crippen LogP contribution in [0.1, 0.15) is 91.9 Å². The summed E-state index contributed by atoms with van der Waals surface area (Å²) in [6, 6.07) is 20.4. The van der Waals surface area contributed by atoms with Crippen molar-refractivity contribution in [2.24, 2.45) is 11.3 Å². The Morgan fingerprint density at radius 2 is 1.69 bits per heavy atom. The fourth-order valence-electron chi connectivity index (χ4n) is 8.58. The van der Waals surface area contributed by atoms with Crippen LogP contribution < -0.4 is 14.4 Å². The Bertz CT molecular complexity index is 2110. The Kier molecular flexibility index (Phi) is 8.75. The zero-order valence-electron chi connectivity index (χ0n) is 30.7. The first-order chi connectivity index (χ1) is 24.9. The van der Waals surface area contributed by atoms with Crippen molar-refractivity contribution in [2.75, 3.05) is 23.3 Å². The molecule has 4 bridgehead atoms. The number of nitrogens with one attached hydrogen (secondary N) is 1. The first-order valence-electron chi connectivity index (χ1n) is 18.6. The molecule has 4 aromatic rings. The van der Waals surface area contributed by atoms with Gasteiger partial charge in [0.05, 0.1) is 16.6 Å². The van der Waals surface area contributed by atoms with Gasteiger partial charge in [0.25, 0.3) is 15.9 Å². The maximum Gasteiger partial charge on any atom is 0.264 e. The summed E-state index contributed by atoms with van der Waals surface area (Å²) in [5.41, 5.74) is 5.34. The number of hydrogen-bond acceptors (Lipinski definition) is 8. The van der Waals surface area contributed by atoms with Crippen LogP contribution in [0.25, 0.3) is 11.3 Å². The molecule has 3 heterocycles. The van der Waals surface area contributed by atoms with Gasteiger partial charge in [-0.05, 0) is 112 Å². The van der Waals surface area contributed by atoms with Crippen molar-refractivity contribution in [1.82, 2.24) is 19.9 Å². The molecule has 2 aromatic heterocycles. The average Bonchev–Trinajstić information content (AvgIpc) is 3.88. The molecule has 3 atom stereocenters. The fraction of sp³-hybridized carbons (Fsp3) is 0.463. The van der Waals surface area contributed by atoms with E-state index in [0.717, 1.165) is 41.0 Å². The fourth-order valence-corrected chi connectivity index (χ4v) is 9.57. The van der Waals surface area contributed by atoms with Gasteiger partial charge in [0.15, 0.2) is 0 Å². The lowest BCUT2D eigenvalue weighted by Crippen LogP contribution is -2.55. The lowest BCUT2D eigenvalue weighted by molar-refractivity contribution is 0.0210. The number of fused-ring (bicyclic) bond motifs is 4. The van der Waals surface area contributed by atoms with Crippen LogP contribution in [0.4, 0.5) is 11.8 Å². The maximum atomic E-state index is 14.8. The summed E-state index contributed by atoms with van der Waals surface area (Å²) in [4.78, 5) is 33.5. The van der Waals surface area contributed by atoms with Gasteiger partial charge in [0.1, 0.15) is 12.4 Å². The zero-order chi connectivity index (χ0) is 36.4. The van der Waals surface area contributed by atoms with Gasteiger partial charge in [-0.25, -0.2) is 23.1 Å². The molecule has 4 aliphatic rings. The molecule has 11 heteroatoms. The van der Waals surface area contributed by atoms with Crippen molar-refractivity contribution in [2.45, 2.75) is 102 Å². The molecule has 0 saturated heterocycles. The van der Waals surface area contributed by atoms with E-state index in [9.17, 15) is 13.2 Å². The van der Waals surface area contributed by atoms with Crippen molar-refractivity contribution in [1.29, 1.82) is 0 Å². The lowest BCUT2D eigenvalue weighted by Gasteiger charge is -2.48. The van der Waals surface area contributed by atoms with Crippen molar-refractivity contribution in [3.8, 4) is 17.1 Å². The number of rotatable bonds is 7. The third kappa shape index (κ3) is 6.52. The van der Waals surface area contributed by atoms with E-state index in [-0.39, 0.29) is 53.2 Å². The second-order valence-electron chi connectivity index (χ2n) is 16.0. The number of anilines is 2. The van der Waals surface area contributed by atoms with Crippen LogP contribution >= 0.6 is 0 Å². The van der Waals surface area contributed by atoms with E-state index in [1.165, 1.54) is 37.8 Å². The second kappa shape index (κ2) is 13.2. The third-order valence-corrected chi connectivity index (χ3v) is 13.1. The van der Waals surface area contributed by atoms with E-state index in [2.05, 4.69) is 58.7 Å². The number of nitrogens with zero attached hydrogens (tertiary/aromatic N) is 5. The minimum Gasteiger partial charge on any atom is -0.475 e. The molecule has 1 aliphatic heterocycles. The average molecular weight is 721 g/mol. The molecule has 1 amide bonds. The summed E-state index contributed by atoms with van der Waals surface area (Å²) in [5.74, 6) is 1.20. The van der Waals surface area contributed by atoms with Gasteiger partial charge in [-0.15, -0.1) is 0 Å². The number of amides is 1. The molecule has 2 unspecified atom stereocenters. The third-order valence-electron chi connectivity index (χ3n) is 11.8. The molecule has 1 spiro atoms. The largest absolute Gasteiger partial charge is 0.475 e. The molecular formula is C41H48N6O4S. The molecule has 0 radical (unpaired) electrons. The number of ether oxygens (including phenoxy) is 1. The second-order valence-corrected chi connectivity index (χ2v) is 17.6. The van der Waals surface area contributed by atoms with Crippen LogP contribution in [0.3, 0.4) is 0 Å². The summed E-state index contributed by atoms with van der Waals surface area (Å²) < 4.78 is 36.7. The Balaban J connectivity index is 1.18. The number of carbonyl (C=O) groups excluding carboxylic acids is 1. The Morgan fingerprint density at radius 1 is 0.962 bits per heavy atom. The van der Waals surface area contributed by atoms with Gasteiger partial charge in [-0.3, -0.25) is 4.79 Å². The van der Waals surface area contributed by atoms with Gasteiger partial charge >= 0.3 is 0 Å². The summed E-state index contributed by atoms with van der Waals surface area (Å²) in [7, 11) is -2.00. The van der Waals surface area contributed by atoms with E-state index in [4.69, 9.17) is 9.72 Å². The highest BCUT2D eigenvalue weighted by Crippen LogP contribution is 2.62. The number of hydrogen-bond donors (Lipinski definition) is 1. The predicted molar refractivity (Wildman–Crippen MR) is 202 cm³/mol. The number of benzene rings is 2. The standard InChI is InChI=1S/C41H48N6O4S/c1-25(2)19-29-24-51-37-21-34(38-26(3)9-6-10-27(38)4)43-40(44-37)45-52(49,50)31-12-7-11-28(20-31)39(48)47(29)35-16-15-32(35)33-13-8-14-36(42-33)46(5)30-22-41(23-30)17-18-41/h6-14,20-21,25,29-30,32,35H,15-19,22-24H2,1-5H3,(H,43,44,45)/t29-,32?,35?/m1/s1. The summed E-state index contributed by atoms with van der Waals surface area (Å²) in [6.45, 7) is 8.47. The quantitative estimate of drug-likeness (QED) is 0.208. The summed E-state index contributed by atoms with van der Waals surface area (Å²) in [5, 5.41) is 0. The maximum absolute atomic E-state index is 14.8. The molecule has 3 saturated carbocycles. The minimum absolute atomic E-state index is 0.0342. The number of aryl methyl sites for hydroxylation is 2. The molecule has 8 rings (SSSR count). The predicted octanol–water partition coefficient (Wildman–Crippen LogP) is 7.53. The van der Waals surface area contributed by atoms with Crippen molar-refractivity contribution >= 4 is 27.7 Å². The van der Waals surface area contributed by atoms with Crippen LogP contribution in [0.5, 0.6) is 5.88 Å². The van der Waals surface area contributed by atoms with Crippen LogP contribution in [-0.4, -0.2) is 66.0 Å². The SMILES string of the molecule is Cc1cccc(C)c1-c1cc2nc(n1)NS(=O)(=O)c1cccc(c1)C(=O)N(C1CCC1c1cccc(N(C)C3CC4(CC4)C3)n1)[C@H](CC(C)C)CO2. The molecule has 2 aromatic carbocycles. The van der Waals surface area contributed by atoms with Crippen molar-refractivity contribution < 1.29 is 17.9 Å². The molecule has 1 N–H and O–H groups in total. The highest BCUT2D eigenvalue weighted by atomic mass is 32.2. The first-order valence-corrected chi connectivity index (χ1v) is 20.1. The van der Waals surface area contributed by atoms with Crippen LogP contribution in [0, 0.1) is 25.2 Å². The summed E-state index contributed by atoms with van der Waals surface area (Å²) in [6.07, 6.45) is 7.60. The number of sulfonamides is 1. The highest BCUT2D eigenvalue weighted by Gasteiger charge is 2.54. The minimum atomic E-state index is -4.15. The first kappa shape index (κ1) is 34.6. The normalized spacial score (nSPS) is 23.3. The van der Waals surface area contributed by atoms with Gasteiger partial charge in [-0.2, -0.15) is 4.98 Å². The number of aromatic nitrogens is 3. The Morgan fingerprint density at radius 3 is 2.38 bits per heavy atom. The van der Waals surface area contributed by atoms with Crippen molar-refractivity contribution in [3.05, 3.63) is 89.1 Å². The van der Waals surface area contributed by atoms with Gasteiger partial charge in [-0.1, -0.05) is 44.2 Å². The number of pyridine rings is 1. The summed E-state index contributed by atoms with van der Waals surface area (Å²) >= 11 is 0. The van der Waals surface area contributed by atoms with Crippen molar-refractivity contribution in [3.63, 3.8) is 0 Å². The molecule has 52 heavy (non-hydrogen) atoms. The van der Waals surface area contributed by atoms with Crippen LogP contribution in [0.15, 0.2) is 71.6 Å². The Labute approximate surface area is 307 Å². The Hall–Kier alpha value is -4.51. The topological polar surface area (TPSA) is 118 Å². The van der Waals surface area contributed by atoms with Gasteiger partial charge in [0, 0.05) is 47.9 Å². The van der Waals surface area contributed by atoms with E-state index in [1.54, 1.807) is 18.2 Å². The van der Waals surface area contributed by atoms with Gasteiger partial charge < -0.3 is 14.5 Å². The number of carbonyl (C=O) groups is 1. The van der Waals surface area contributed by atoms with E-state index in [1.807, 2.05) is 36.9 Å². The highest BCUT2D eigenvalue weighted by molar-refractivity contribution is 7.92. The molecule has 3 fully saturated rings. The van der Waals surface area contributed by atoms with Gasteiger partial charge in [0.2, 0.25) is 11.8 Å². The molecule has 272 valence electrons. The molecule has 10 nitrogen and oxygen atoms in total. The van der Waals surface area contributed by atoms with Crippen LogP contribution in [0.2, 0.25) is 0 Å². The molecule has 3 aliphatic carbocycles. The monoisotopic (exact) mass is 720 g/mol. The lowest BCUT2D eigenvalue weighted by atomic mass is 9.75.